The number of nitrogens with one attached hydrogen (secondary N) is 1. The lowest BCUT2D eigenvalue weighted by molar-refractivity contribution is 0.0519. The van der Waals surface area contributed by atoms with Gasteiger partial charge in [-0.25, -0.2) is 9.18 Å². The Morgan fingerprint density at radius 1 is 1.14 bits per heavy atom. The van der Waals surface area contributed by atoms with Gasteiger partial charge < -0.3 is 19.0 Å². The number of halogens is 1. The predicted octanol–water partition coefficient (Wildman–Crippen LogP) is 4.38. The highest BCUT2D eigenvalue weighted by Gasteiger charge is 2.25. The van der Waals surface area contributed by atoms with Gasteiger partial charge in [-0.15, -0.1) is 0 Å². The van der Waals surface area contributed by atoms with Crippen LogP contribution in [0.1, 0.15) is 50.4 Å². The number of amides is 1. The molecule has 1 aromatic carbocycles. The van der Waals surface area contributed by atoms with Crippen molar-refractivity contribution in [2.45, 2.75) is 33.9 Å². The lowest BCUT2D eigenvalue weighted by atomic mass is 10.1. The van der Waals surface area contributed by atoms with Crippen LogP contribution in [0.3, 0.4) is 0 Å². The lowest BCUT2D eigenvalue weighted by Crippen LogP contribution is -2.31. The van der Waals surface area contributed by atoms with Crippen molar-refractivity contribution in [1.82, 2.24) is 9.88 Å². The molecule has 0 spiro atoms. The van der Waals surface area contributed by atoms with Gasteiger partial charge >= 0.3 is 5.97 Å². The van der Waals surface area contributed by atoms with E-state index in [1.165, 1.54) is 29.4 Å². The molecule has 1 N–H and O–H groups in total. The number of H-pyrrole nitrogens is 1. The molecule has 0 bridgehead atoms. The smallest absolute Gasteiger partial charge is 0.355 e. The molecule has 0 saturated carbocycles. The van der Waals surface area contributed by atoms with Gasteiger partial charge in [-0.05, 0) is 56.2 Å². The molecule has 3 rings (SSSR count). The third-order valence-electron chi connectivity index (χ3n) is 4.74. The second-order valence-electron chi connectivity index (χ2n) is 6.67. The highest BCUT2D eigenvalue weighted by Crippen LogP contribution is 2.23. The number of carbonyl (C=O) groups excluding carboxylic acids is 2. The molecule has 0 unspecified atom stereocenters. The standard InChI is InChI=1S/C22H23FN2O4/c1-4-28-22(27)20-14(2)18(15(3)24-20)13-25(12-16-8-7-11-29-16)21(26)17-9-5-6-10-19(17)23/h5-11,24H,4,12-13H2,1-3H3. The fraction of sp³-hybridized carbons (Fsp3) is 0.273. The molecule has 2 aromatic heterocycles. The van der Waals surface area contributed by atoms with Gasteiger partial charge in [-0.3, -0.25) is 4.79 Å². The molecule has 0 aliphatic rings. The number of benzene rings is 1. The third kappa shape index (κ3) is 4.39. The molecular weight excluding hydrogens is 375 g/mol. The van der Waals surface area contributed by atoms with Gasteiger partial charge in [0.15, 0.2) is 0 Å². The average molecular weight is 398 g/mol. The third-order valence-corrected chi connectivity index (χ3v) is 4.74. The summed E-state index contributed by atoms with van der Waals surface area (Å²) in [5.41, 5.74) is 2.57. The van der Waals surface area contributed by atoms with Crippen molar-refractivity contribution in [3.05, 3.63) is 82.3 Å². The van der Waals surface area contributed by atoms with E-state index < -0.39 is 17.7 Å². The highest BCUT2D eigenvalue weighted by atomic mass is 19.1. The van der Waals surface area contributed by atoms with Crippen LogP contribution in [-0.2, 0) is 17.8 Å². The largest absolute Gasteiger partial charge is 0.467 e. The molecule has 0 atom stereocenters. The summed E-state index contributed by atoms with van der Waals surface area (Å²) in [7, 11) is 0. The zero-order valence-electron chi connectivity index (χ0n) is 16.6. The van der Waals surface area contributed by atoms with Gasteiger partial charge in [0.05, 0.1) is 25.0 Å². The van der Waals surface area contributed by atoms with Gasteiger partial charge in [-0.1, -0.05) is 12.1 Å². The van der Waals surface area contributed by atoms with Crippen LogP contribution in [0.25, 0.3) is 0 Å². The zero-order chi connectivity index (χ0) is 21.0. The number of rotatable bonds is 7. The summed E-state index contributed by atoms with van der Waals surface area (Å²) in [5.74, 6) is -0.919. The first-order valence-electron chi connectivity index (χ1n) is 9.33. The van der Waals surface area contributed by atoms with Crippen molar-refractivity contribution in [2.24, 2.45) is 0 Å². The Kier molecular flexibility index (Phi) is 6.16. The van der Waals surface area contributed by atoms with Crippen molar-refractivity contribution >= 4 is 11.9 Å². The number of hydrogen-bond donors (Lipinski definition) is 1. The number of aromatic amines is 1. The lowest BCUT2D eigenvalue weighted by Gasteiger charge is -2.23. The van der Waals surface area contributed by atoms with Crippen molar-refractivity contribution in [2.75, 3.05) is 6.61 Å². The Labute approximate surface area is 168 Å². The summed E-state index contributed by atoms with van der Waals surface area (Å²) in [6.07, 6.45) is 1.52. The molecule has 152 valence electrons. The molecule has 0 fully saturated rings. The van der Waals surface area contributed by atoms with E-state index in [4.69, 9.17) is 9.15 Å². The van der Waals surface area contributed by atoms with E-state index in [2.05, 4.69) is 4.98 Å². The molecule has 2 heterocycles. The summed E-state index contributed by atoms with van der Waals surface area (Å²) in [5, 5.41) is 0. The molecule has 7 heteroatoms. The fourth-order valence-corrected chi connectivity index (χ4v) is 3.22. The summed E-state index contributed by atoms with van der Waals surface area (Å²) < 4.78 is 24.7. The molecule has 0 saturated heterocycles. The van der Waals surface area contributed by atoms with E-state index >= 15 is 0 Å². The SMILES string of the molecule is CCOC(=O)c1[nH]c(C)c(CN(Cc2ccco2)C(=O)c2ccccc2F)c1C. The summed E-state index contributed by atoms with van der Waals surface area (Å²) >= 11 is 0. The van der Waals surface area contributed by atoms with Crippen LogP contribution in [0.2, 0.25) is 0 Å². The number of carbonyl (C=O) groups is 2. The van der Waals surface area contributed by atoms with Gasteiger partial charge in [-0.2, -0.15) is 0 Å². The average Bonchev–Trinajstić information content (AvgIpc) is 3.30. The zero-order valence-corrected chi connectivity index (χ0v) is 16.6. The Morgan fingerprint density at radius 3 is 2.55 bits per heavy atom. The van der Waals surface area contributed by atoms with E-state index in [1.807, 2.05) is 6.92 Å². The molecule has 0 aliphatic carbocycles. The van der Waals surface area contributed by atoms with Crippen molar-refractivity contribution in [3.8, 4) is 0 Å². The number of ether oxygens (including phenoxy) is 1. The number of aryl methyl sites for hydroxylation is 1. The Balaban J connectivity index is 1.95. The molecule has 6 nitrogen and oxygen atoms in total. The topological polar surface area (TPSA) is 75.5 Å². The van der Waals surface area contributed by atoms with Gasteiger partial charge in [0.1, 0.15) is 17.3 Å². The Morgan fingerprint density at radius 2 is 1.90 bits per heavy atom. The molecule has 3 aromatic rings. The summed E-state index contributed by atoms with van der Waals surface area (Å²) in [6.45, 7) is 5.97. The van der Waals surface area contributed by atoms with Crippen LogP contribution < -0.4 is 0 Å². The molecule has 29 heavy (non-hydrogen) atoms. The maximum absolute atomic E-state index is 14.2. The van der Waals surface area contributed by atoms with Crippen LogP contribution in [0, 0.1) is 19.7 Å². The number of aromatic nitrogens is 1. The van der Waals surface area contributed by atoms with Crippen LogP contribution >= 0.6 is 0 Å². The first-order valence-corrected chi connectivity index (χ1v) is 9.33. The fourth-order valence-electron chi connectivity index (χ4n) is 3.22. The van der Waals surface area contributed by atoms with Gasteiger partial charge in [0.2, 0.25) is 0 Å². The van der Waals surface area contributed by atoms with Gasteiger partial charge in [0.25, 0.3) is 5.91 Å². The van der Waals surface area contributed by atoms with Crippen LogP contribution in [0.4, 0.5) is 4.39 Å². The number of esters is 1. The van der Waals surface area contributed by atoms with Crippen LogP contribution in [-0.4, -0.2) is 28.4 Å². The normalized spacial score (nSPS) is 10.8. The molecule has 1 amide bonds. The second kappa shape index (κ2) is 8.77. The Bertz CT molecular complexity index is 1010. The van der Waals surface area contributed by atoms with Gasteiger partial charge in [0, 0.05) is 12.2 Å². The predicted molar refractivity (Wildman–Crippen MR) is 105 cm³/mol. The monoisotopic (exact) mass is 398 g/mol. The van der Waals surface area contributed by atoms with Crippen molar-refractivity contribution in [3.63, 3.8) is 0 Å². The van der Waals surface area contributed by atoms with E-state index in [9.17, 15) is 14.0 Å². The van der Waals surface area contributed by atoms with Crippen molar-refractivity contribution < 1.29 is 23.1 Å². The van der Waals surface area contributed by atoms with E-state index in [0.29, 0.717) is 17.0 Å². The summed E-state index contributed by atoms with van der Waals surface area (Å²) in [6, 6.07) is 9.34. The van der Waals surface area contributed by atoms with Crippen LogP contribution in [0.5, 0.6) is 0 Å². The Hall–Kier alpha value is -3.35. The number of furan rings is 1. The second-order valence-corrected chi connectivity index (χ2v) is 6.67. The quantitative estimate of drug-likeness (QED) is 0.599. The van der Waals surface area contributed by atoms with E-state index in [-0.39, 0.29) is 25.3 Å². The minimum Gasteiger partial charge on any atom is -0.467 e. The van der Waals surface area contributed by atoms with E-state index in [0.717, 1.165) is 11.3 Å². The maximum Gasteiger partial charge on any atom is 0.355 e. The highest BCUT2D eigenvalue weighted by molar-refractivity contribution is 5.94. The first kappa shape index (κ1) is 20.4. The first-order chi connectivity index (χ1) is 13.9. The molecule has 0 radical (unpaired) electrons. The number of nitrogens with zero attached hydrogens (tertiary/aromatic N) is 1. The minimum absolute atomic E-state index is 0.0180. The van der Waals surface area contributed by atoms with Crippen molar-refractivity contribution in [1.29, 1.82) is 0 Å². The maximum atomic E-state index is 14.2. The molecular formula is C22H23FN2O4. The van der Waals surface area contributed by atoms with Crippen LogP contribution in [0.15, 0.2) is 47.1 Å². The minimum atomic E-state index is -0.586. The molecule has 0 aliphatic heterocycles. The van der Waals surface area contributed by atoms with E-state index in [1.54, 1.807) is 32.0 Å². The summed E-state index contributed by atoms with van der Waals surface area (Å²) in [4.78, 5) is 29.8. The number of hydrogen-bond acceptors (Lipinski definition) is 4.